The van der Waals surface area contributed by atoms with E-state index in [9.17, 15) is 9.90 Å². The third-order valence-electron chi connectivity index (χ3n) is 7.72. The van der Waals surface area contributed by atoms with Crippen LogP contribution in [0.15, 0.2) is 36.7 Å². The van der Waals surface area contributed by atoms with Crippen LogP contribution in [-0.2, 0) is 9.53 Å². The molecule has 3 N–H and O–H groups in total. The van der Waals surface area contributed by atoms with Crippen molar-refractivity contribution in [1.82, 2.24) is 24.8 Å². The molecule has 1 aromatic carbocycles. The average molecular weight is 560 g/mol. The number of aliphatic hydroxyl groups is 1. The van der Waals surface area contributed by atoms with E-state index in [0.29, 0.717) is 50.4 Å². The van der Waals surface area contributed by atoms with E-state index in [1.807, 2.05) is 17.9 Å². The van der Waals surface area contributed by atoms with Crippen LogP contribution in [0.25, 0.3) is 32.0 Å². The number of morpholine rings is 1. The van der Waals surface area contributed by atoms with Crippen LogP contribution in [0.2, 0.25) is 0 Å². The van der Waals surface area contributed by atoms with Gasteiger partial charge in [-0.25, -0.2) is 19.9 Å². The molecule has 2 saturated heterocycles. The van der Waals surface area contributed by atoms with E-state index >= 15 is 0 Å². The van der Waals surface area contributed by atoms with Crippen molar-refractivity contribution in [2.24, 2.45) is 0 Å². The van der Waals surface area contributed by atoms with E-state index < -0.39 is 6.10 Å². The lowest BCUT2D eigenvalue weighted by Crippen LogP contribution is -2.42. The van der Waals surface area contributed by atoms with Gasteiger partial charge in [-0.1, -0.05) is 25.1 Å². The molecule has 11 heteroatoms. The molecule has 0 spiro atoms. The van der Waals surface area contributed by atoms with Gasteiger partial charge >= 0.3 is 0 Å². The predicted octanol–water partition coefficient (Wildman–Crippen LogP) is 3.98. The molecule has 2 aliphatic heterocycles. The van der Waals surface area contributed by atoms with Gasteiger partial charge in [0.2, 0.25) is 11.9 Å². The lowest BCUT2D eigenvalue weighted by atomic mass is 9.91. The first-order valence-electron chi connectivity index (χ1n) is 13.7. The van der Waals surface area contributed by atoms with Crippen molar-refractivity contribution in [2.75, 3.05) is 43.5 Å². The van der Waals surface area contributed by atoms with Crippen LogP contribution in [0, 0.1) is 6.92 Å². The first-order valence-corrected chi connectivity index (χ1v) is 14.5. The van der Waals surface area contributed by atoms with E-state index in [-0.39, 0.29) is 17.9 Å². The van der Waals surface area contributed by atoms with Crippen LogP contribution in [0.3, 0.4) is 0 Å². The number of aromatic nitrogens is 4. The van der Waals surface area contributed by atoms with Gasteiger partial charge in [0.15, 0.2) is 11.6 Å². The number of carbonyl (C=O) groups excluding carboxylic acids is 1. The summed E-state index contributed by atoms with van der Waals surface area (Å²) < 4.78 is 6.63. The summed E-state index contributed by atoms with van der Waals surface area (Å²) >= 11 is 1.68. The highest BCUT2D eigenvalue weighted by molar-refractivity contribution is 7.23. The Labute approximate surface area is 236 Å². The summed E-state index contributed by atoms with van der Waals surface area (Å²) in [6.45, 7) is 7.34. The zero-order chi connectivity index (χ0) is 27.8. The molecule has 2 unspecified atom stereocenters. The second-order valence-corrected chi connectivity index (χ2v) is 11.3. The van der Waals surface area contributed by atoms with Gasteiger partial charge in [-0.15, -0.1) is 11.3 Å². The Kier molecular flexibility index (Phi) is 7.35. The highest BCUT2D eigenvalue weighted by Gasteiger charge is 2.31. The maximum absolute atomic E-state index is 12.7. The summed E-state index contributed by atoms with van der Waals surface area (Å²) in [7, 11) is 0. The third-order valence-corrected chi connectivity index (χ3v) is 9.05. The third kappa shape index (κ3) is 5.00. The zero-order valence-electron chi connectivity index (χ0n) is 22.7. The second-order valence-electron chi connectivity index (χ2n) is 10.3. The minimum atomic E-state index is -0.414. The molecule has 2 aliphatic rings. The van der Waals surface area contributed by atoms with Crippen LogP contribution in [0.4, 0.5) is 11.8 Å². The number of amides is 1. The number of hydrogen-bond donors (Lipinski definition) is 2. The fourth-order valence-corrected chi connectivity index (χ4v) is 6.83. The van der Waals surface area contributed by atoms with Gasteiger partial charge in [-0.3, -0.25) is 4.79 Å². The number of thiophene rings is 1. The summed E-state index contributed by atoms with van der Waals surface area (Å²) in [5, 5.41) is 10.4. The molecule has 3 aromatic heterocycles. The van der Waals surface area contributed by atoms with E-state index in [0.717, 1.165) is 50.7 Å². The maximum atomic E-state index is 12.7. The number of benzene rings is 1. The van der Waals surface area contributed by atoms with Crippen molar-refractivity contribution in [3.63, 3.8) is 0 Å². The average Bonchev–Trinajstić information content (AvgIpc) is 3.33. The van der Waals surface area contributed by atoms with Gasteiger partial charge in [-0.2, -0.15) is 0 Å². The molecule has 10 nitrogen and oxygen atoms in total. The molecule has 1 amide bonds. The highest BCUT2D eigenvalue weighted by atomic mass is 32.1. The van der Waals surface area contributed by atoms with E-state index in [2.05, 4.69) is 40.0 Å². The Balaban J connectivity index is 1.46. The maximum Gasteiger partial charge on any atom is 0.222 e. The molecule has 0 aliphatic carbocycles. The number of rotatable bonds is 5. The number of aliphatic hydroxyl groups excluding tert-OH is 1. The quantitative estimate of drug-likeness (QED) is 0.373. The number of ether oxygens (including phenoxy) is 1. The van der Waals surface area contributed by atoms with Crippen molar-refractivity contribution in [3.8, 4) is 21.8 Å². The van der Waals surface area contributed by atoms with Crippen molar-refractivity contribution < 1.29 is 14.6 Å². The molecule has 0 bridgehead atoms. The van der Waals surface area contributed by atoms with Crippen LogP contribution in [-0.4, -0.2) is 74.8 Å². The number of hydrogen-bond acceptors (Lipinski definition) is 10. The first kappa shape index (κ1) is 26.5. The number of fused-ring (bicyclic) bond motifs is 1. The summed E-state index contributed by atoms with van der Waals surface area (Å²) in [4.78, 5) is 36.3. The molecular weight excluding hydrogens is 526 g/mol. The molecule has 40 heavy (non-hydrogen) atoms. The van der Waals surface area contributed by atoms with Gasteiger partial charge in [-0.05, 0) is 42.5 Å². The normalized spacial score (nSPS) is 19.8. The summed E-state index contributed by atoms with van der Waals surface area (Å²) in [6, 6.07) is 8.21. The van der Waals surface area contributed by atoms with Crippen LogP contribution in [0.1, 0.15) is 43.4 Å². The van der Waals surface area contributed by atoms with Gasteiger partial charge in [0.05, 0.1) is 41.1 Å². The Hall–Kier alpha value is -3.67. The number of carbonyl (C=O) groups is 1. The smallest absolute Gasteiger partial charge is 0.222 e. The van der Waals surface area contributed by atoms with Crippen molar-refractivity contribution >= 4 is 39.2 Å². The fraction of sp³-hybridized carbons (Fsp3) is 0.414. The van der Waals surface area contributed by atoms with Gasteiger partial charge in [0.1, 0.15) is 0 Å². The van der Waals surface area contributed by atoms with Crippen molar-refractivity contribution in [2.45, 2.75) is 45.3 Å². The number of nitrogens with zero attached hydrogens (tertiary/aromatic N) is 6. The molecule has 0 saturated carbocycles. The Morgan fingerprint density at radius 1 is 1.15 bits per heavy atom. The molecule has 208 valence electrons. The number of nitrogen functional groups attached to an aromatic ring is 1. The largest absolute Gasteiger partial charge is 0.393 e. The summed E-state index contributed by atoms with van der Waals surface area (Å²) in [5.74, 6) is 1.76. The molecule has 0 radical (unpaired) electrons. The van der Waals surface area contributed by atoms with E-state index in [1.165, 1.54) is 0 Å². The molecule has 5 heterocycles. The fourth-order valence-electron chi connectivity index (χ4n) is 5.57. The van der Waals surface area contributed by atoms with Crippen LogP contribution in [0.5, 0.6) is 0 Å². The zero-order valence-corrected chi connectivity index (χ0v) is 23.5. The Morgan fingerprint density at radius 2 is 1.93 bits per heavy atom. The lowest BCUT2D eigenvalue weighted by Gasteiger charge is -2.38. The number of nitrogens with two attached hydrogens (primary N) is 1. The molecule has 6 rings (SSSR count). The minimum Gasteiger partial charge on any atom is -0.393 e. The number of aryl methyl sites for hydroxylation is 1. The molecule has 4 aromatic rings. The van der Waals surface area contributed by atoms with Crippen LogP contribution < -0.4 is 10.6 Å². The van der Waals surface area contributed by atoms with E-state index in [1.54, 1.807) is 23.7 Å². The van der Waals surface area contributed by atoms with Crippen molar-refractivity contribution in [3.05, 3.63) is 47.8 Å². The summed E-state index contributed by atoms with van der Waals surface area (Å²) in [6.07, 6.45) is 4.50. The first-order chi connectivity index (χ1) is 19.4. The van der Waals surface area contributed by atoms with E-state index in [4.69, 9.17) is 20.4 Å². The lowest BCUT2D eigenvalue weighted by molar-refractivity contribution is -0.136. The summed E-state index contributed by atoms with van der Waals surface area (Å²) in [5.41, 5.74) is 10.5. The molecule has 2 fully saturated rings. The highest BCUT2D eigenvalue weighted by Crippen LogP contribution is 2.43. The number of piperidine rings is 1. The Bertz CT molecular complexity index is 1530. The second kappa shape index (κ2) is 11.1. The number of anilines is 2. The standard InChI is InChI=1S/C29H33N7O3S/c1-3-23(38)36-8-7-21(37)14-22(36)18-5-4-6-19(13-18)25-17(2)24-26(40-25)28(35-9-11-39-12-10-35)34-27(33-24)20-15-31-29(30)32-16-20/h4-6,13,15-16,21-22,37H,3,7-12,14H2,1-2H3,(H2,30,31,32). The molecule has 2 atom stereocenters. The SMILES string of the molecule is CCC(=O)N1CCC(O)CC1c1cccc(-c2sc3c(N4CCOCC4)nc(-c4cnc(N)nc4)nc3c2C)c1. The van der Waals surface area contributed by atoms with Gasteiger partial charge < -0.3 is 25.4 Å². The van der Waals surface area contributed by atoms with Gasteiger partial charge in [0.25, 0.3) is 0 Å². The monoisotopic (exact) mass is 559 g/mol. The van der Waals surface area contributed by atoms with Crippen molar-refractivity contribution in [1.29, 1.82) is 0 Å². The van der Waals surface area contributed by atoms with Crippen LogP contribution >= 0.6 is 11.3 Å². The van der Waals surface area contributed by atoms with Gasteiger partial charge in [0, 0.05) is 43.3 Å². The predicted molar refractivity (Wildman–Crippen MR) is 156 cm³/mol. The molecular formula is C29H33N7O3S. The minimum absolute atomic E-state index is 0.116. The number of likely N-dealkylation sites (tertiary alicyclic amines) is 1. The Morgan fingerprint density at radius 3 is 2.67 bits per heavy atom. The topological polar surface area (TPSA) is 131 Å².